The molecular formula is C17H12ClF4N5O2. The Bertz CT molecular complexity index is 1050. The molecule has 0 saturated carbocycles. The Morgan fingerprint density at radius 1 is 1.24 bits per heavy atom. The van der Waals surface area contributed by atoms with Gasteiger partial charge < -0.3 is 10.4 Å². The van der Waals surface area contributed by atoms with Crippen molar-refractivity contribution in [1.29, 1.82) is 0 Å². The minimum absolute atomic E-state index is 0.0451. The van der Waals surface area contributed by atoms with E-state index in [4.69, 9.17) is 16.7 Å². The Morgan fingerprint density at radius 3 is 2.66 bits per heavy atom. The van der Waals surface area contributed by atoms with E-state index in [2.05, 4.69) is 20.4 Å². The number of nitrogens with zero attached hydrogens (tertiary/aromatic N) is 4. The fourth-order valence-electron chi connectivity index (χ4n) is 2.46. The third-order valence-corrected chi connectivity index (χ3v) is 3.93. The molecule has 0 radical (unpaired) electrons. The van der Waals surface area contributed by atoms with Crippen molar-refractivity contribution in [2.24, 2.45) is 0 Å². The molecule has 1 aromatic carbocycles. The number of nitrogens with one attached hydrogen (secondary N) is 1. The summed E-state index contributed by atoms with van der Waals surface area (Å²) < 4.78 is 53.4. The van der Waals surface area contributed by atoms with Gasteiger partial charge in [0.25, 0.3) is 0 Å². The van der Waals surface area contributed by atoms with Crippen LogP contribution in [0, 0.1) is 5.82 Å². The summed E-state index contributed by atoms with van der Waals surface area (Å²) in [6.45, 7) is -0.0451. The summed E-state index contributed by atoms with van der Waals surface area (Å²) in [6, 6.07) is 5.42. The van der Waals surface area contributed by atoms with Crippen LogP contribution >= 0.6 is 11.6 Å². The Balaban J connectivity index is 1.96. The summed E-state index contributed by atoms with van der Waals surface area (Å²) in [5.74, 6) is -2.34. The standard InChI is InChI=1S/C17H12ClF4N5O2/c18-13-7-9(3-5-23-13)15-25-16(26-27(15)6-4-14(28)29)24-10-1-2-12(19)11(8-10)17(20,21)22/h1-3,5,7-8H,4,6H2,(H,24,26)(H,28,29). The maximum atomic E-state index is 13.5. The number of anilines is 2. The number of carboxylic acid groups (broad SMARTS) is 1. The summed E-state index contributed by atoms with van der Waals surface area (Å²) in [5, 5.41) is 15.7. The average Bonchev–Trinajstić information content (AvgIpc) is 3.03. The molecular weight excluding hydrogens is 418 g/mol. The van der Waals surface area contributed by atoms with Crippen LogP contribution in [0.5, 0.6) is 0 Å². The van der Waals surface area contributed by atoms with E-state index in [-0.39, 0.29) is 35.6 Å². The molecule has 3 aromatic rings. The molecule has 2 N–H and O–H groups in total. The van der Waals surface area contributed by atoms with E-state index in [0.29, 0.717) is 17.7 Å². The lowest BCUT2D eigenvalue weighted by Gasteiger charge is -2.10. The van der Waals surface area contributed by atoms with Gasteiger partial charge in [-0.2, -0.15) is 18.2 Å². The fraction of sp³-hybridized carbons (Fsp3) is 0.176. The van der Waals surface area contributed by atoms with E-state index in [1.807, 2.05) is 0 Å². The Kier molecular flexibility index (Phi) is 5.69. The fourth-order valence-corrected chi connectivity index (χ4v) is 2.63. The van der Waals surface area contributed by atoms with Gasteiger partial charge in [0.15, 0.2) is 5.82 Å². The zero-order valence-electron chi connectivity index (χ0n) is 14.4. The molecule has 2 aromatic heterocycles. The molecule has 0 aliphatic heterocycles. The van der Waals surface area contributed by atoms with Gasteiger partial charge in [-0.3, -0.25) is 4.79 Å². The number of benzene rings is 1. The molecule has 0 aliphatic carbocycles. The molecule has 0 bridgehead atoms. The molecule has 0 unspecified atom stereocenters. The van der Waals surface area contributed by atoms with Crippen LogP contribution in [0.4, 0.5) is 29.2 Å². The number of hydrogen-bond acceptors (Lipinski definition) is 5. The normalized spacial score (nSPS) is 11.5. The first-order valence-electron chi connectivity index (χ1n) is 8.06. The van der Waals surface area contributed by atoms with Gasteiger partial charge in [-0.05, 0) is 30.3 Å². The van der Waals surface area contributed by atoms with Crippen molar-refractivity contribution in [2.45, 2.75) is 19.1 Å². The van der Waals surface area contributed by atoms with Crippen molar-refractivity contribution >= 4 is 29.2 Å². The van der Waals surface area contributed by atoms with Gasteiger partial charge in [-0.1, -0.05) is 11.6 Å². The van der Waals surface area contributed by atoms with E-state index in [0.717, 1.165) is 6.07 Å². The number of carbonyl (C=O) groups is 1. The third kappa shape index (κ3) is 4.99. The van der Waals surface area contributed by atoms with Crippen LogP contribution in [-0.4, -0.2) is 30.8 Å². The molecule has 0 aliphatic rings. The molecule has 0 atom stereocenters. The number of alkyl halides is 3. The smallest absolute Gasteiger partial charge is 0.419 e. The number of hydrogen-bond donors (Lipinski definition) is 2. The van der Waals surface area contributed by atoms with E-state index in [1.165, 1.54) is 16.9 Å². The number of aromatic nitrogens is 4. The third-order valence-electron chi connectivity index (χ3n) is 3.72. The van der Waals surface area contributed by atoms with Crippen molar-refractivity contribution in [3.8, 4) is 11.4 Å². The highest BCUT2D eigenvalue weighted by Crippen LogP contribution is 2.33. The molecule has 152 valence electrons. The molecule has 7 nitrogen and oxygen atoms in total. The second kappa shape index (κ2) is 8.03. The Hall–Kier alpha value is -3.21. The SMILES string of the molecule is O=C(O)CCn1nc(Nc2ccc(F)c(C(F)(F)F)c2)nc1-c1ccnc(Cl)c1. The predicted octanol–water partition coefficient (Wildman–Crippen LogP) is 4.37. The summed E-state index contributed by atoms with van der Waals surface area (Å²) in [4.78, 5) is 18.9. The minimum atomic E-state index is -4.87. The van der Waals surface area contributed by atoms with Gasteiger partial charge in [-0.15, -0.1) is 5.10 Å². The maximum Gasteiger partial charge on any atom is 0.419 e. The van der Waals surface area contributed by atoms with Crippen LogP contribution in [0.2, 0.25) is 5.15 Å². The van der Waals surface area contributed by atoms with E-state index in [1.54, 1.807) is 6.07 Å². The van der Waals surface area contributed by atoms with Gasteiger partial charge in [-0.25, -0.2) is 14.1 Å². The molecule has 12 heteroatoms. The van der Waals surface area contributed by atoms with Crippen LogP contribution in [-0.2, 0) is 17.5 Å². The number of carboxylic acids is 1. The molecule has 0 saturated heterocycles. The first-order valence-corrected chi connectivity index (χ1v) is 8.43. The first kappa shape index (κ1) is 20.5. The zero-order valence-corrected chi connectivity index (χ0v) is 15.2. The number of aryl methyl sites for hydroxylation is 1. The van der Waals surface area contributed by atoms with Crippen molar-refractivity contribution in [1.82, 2.24) is 19.7 Å². The lowest BCUT2D eigenvalue weighted by Crippen LogP contribution is -2.09. The Labute approximate surface area is 166 Å². The van der Waals surface area contributed by atoms with E-state index < -0.39 is 23.5 Å². The average molecular weight is 430 g/mol. The van der Waals surface area contributed by atoms with Crippen molar-refractivity contribution in [3.05, 3.63) is 53.1 Å². The minimum Gasteiger partial charge on any atom is -0.481 e. The van der Waals surface area contributed by atoms with Gasteiger partial charge in [0.2, 0.25) is 5.95 Å². The van der Waals surface area contributed by atoms with Gasteiger partial charge >= 0.3 is 12.1 Å². The number of aliphatic carboxylic acids is 1. The lowest BCUT2D eigenvalue weighted by atomic mass is 10.2. The van der Waals surface area contributed by atoms with Crippen molar-refractivity contribution in [2.75, 3.05) is 5.32 Å². The van der Waals surface area contributed by atoms with E-state index >= 15 is 0 Å². The second-order valence-corrected chi connectivity index (χ2v) is 6.20. The van der Waals surface area contributed by atoms with Crippen LogP contribution in [0.15, 0.2) is 36.5 Å². The molecule has 0 spiro atoms. The lowest BCUT2D eigenvalue weighted by molar-refractivity contribution is -0.140. The molecule has 0 fully saturated rings. The highest BCUT2D eigenvalue weighted by molar-refractivity contribution is 6.29. The Morgan fingerprint density at radius 2 is 2.00 bits per heavy atom. The topological polar surface area (TPSA) is 92.9 Å². The van der Waals surface area contributed by atoms with Crippen LogP contribution < -0.4 is 5.32 Å². The quantitative estimate of drug-likeness (QED) is 0.446. The van der Waals surface area contributed by atoms with Crippen molar-refractivity contribution < 1.29 is 27.5 Å². The van der Waals surface area contributed by atoms with Gasteiger partial charge in [0, 0.05) is 17.4 Å². The highest BCUT2D eigenvalue weighted by Gasteiger charge is 2.34. The molecule has 3 rings (SSSR count). The number of rotatable bonds is 6. The summed E-state index contributed by atoms with van der Waals surface area (Å²) in [7, 11) is 0. The van der Waals surface area contributed by atoms with Crippen LogP contribution in [0.1, 0.15) is 12.0 Å². The summed E-state index contributed by atoms with van der Waals surface area (Å²) in [5.41, 5.74) is -1.05. The largest absolute Gasteiger partial charge is 0.481 e. The van der Waals surface area contributed by atoms with Gasteiger partial charge in [0.05, 0.1) is 18.5 Å². The van der Waals surface area contributed by atoms with E-state index in [9.17, 15) is 22.4 Å². The zero-order chi connectivity index (χ0) is 21.2. The second-order valence-electron chi connectivity index (χ2n) is 5.81. The van der Waals surface area contributed by atoms with Crippen LogP contribution in [0.3, 0.4) is 0 Å². The highest BCUT2D eigenvalue weighted by atomic mass is 35.5. The summed E-state index contributed by atoms with van der Waals surface area (Å²) in [6.07, 6.45) is -3.71. The predicted molar refractivity (Wildman–Crippen MR) is 95.2 cm³/mol. The summed E-state index contributed by atoms with van der Waals surface area (Å²) >= 11 is 5.87. The molecule has 2 heterocycles. The van der Waals surface area contributed by atoms with Gasteiger partial charge in [0.1, 0.15) is 11.0 Å². The number of pyridine rings is 1. The maximum absolute atomic E-state index is 13.5. The molecule has 29 heavy (non-hydrogen) atoms. The molecule has 0 amide bonds. The monoisotopic (exact) mass is 429 g/mol. The number of halogens is 5. The van der Waals surface area contributed by atoms with Crippen molar-refractivity contribution in [3.63, 3.8) is 0 Å². The van der Waals surface area contributed by atoms with Crippen LogP contribution in [0.25, 0.3) is 11.4 Å². The first-order chi connectivity index (χ1) is 13.6.